The fraction of sp³-hybridized carbons (Fsp3) is 0.636. The van der Waals surface area contributed by atoms with E-state index < -0.39 is 11.6 Å². The Morgan fingerprint density at radius 3 is 1.63 bits per heavy atom. The van der Waals surface area contributed by atoms with Crippen molar-refractivity contribution < 1.29 is 8.78 Å². The molecule has 0 radical (unpaired) electrons. The first-order chi connectivity index (χ1) is 17.1. The van der Waals surface area contributed by atoms with Crippen LogP contribution in [0.4, 0.5) is 8.78 Å². The summed E-state index contributed by atoms with van der Waals surface area (Å²) in [5.41, 5.74) is 3.02. The van der Waals surface area contributed by atoms with E-state index in [9.17, 15) is 8.78 Å². The number of hydrogen-bond donors (Lipinski definition) is 0. The lowest BCUT2D eigenvalue weighted by Crippen LogP contribution is -2.18. The zero-order valence-corrected chi connectivity index (χ0v) is 21.9. The minimum absolute atomic E-state index is 0.730. The van der Waals surface area contributed by atoms with Crippen LogP contribution in [0.25, 0.3) is 11.1 Å². The molecule has 192 valence electrons. The molecule has 2 heteroatoms. The summed E-state index contributed by atoms with van der Waals surface area (Å²) in [6.45, 7) is 2.31. The predicted molar refractivity (Wildman–Crippen MR) is 144 cm³/mol. The highest BCUT2D eigenvalue weighted by atomic mass is 19.2. The van der Waals surface area contributed by atoms with Gasteiger partial charge in [0.1, 0.15) is 0 Å². The Morgan fingerprint density at radius 1 is 0.571 bits per heavy atom. The van der Waals surface area contributed by atoms with Crippen LogP contribution in [0.5, 0.6) is 0 Å². The highest BCUT2D eigenvalue weighted by Gasteiger charge is 2.24. The fourth-order valence-electron chi connectivity index (χ4n) is 6.68. The van der Waals surface area contributed by atoms with Gasteiger partial charge in [-0.25, -0.2) is 8.78 Å². The van der Waals surface area contributed by atoms with Crippen LogP contribution < -0.4 is 0 Å². The molecule has 0 heterocycles. The Labute approximate surface area is 212 Å². The van der Waals surface area contributed by atoms with E-state index in [2.05, 4.69) is 19.1 Å². The zero-order chi connectivity index (χ0) is 24.5. The van der Waals surface area contributed by atoms with E-state index in [1.165, 1.54) is 114 Å². The van der Waals surface area contributed by atoms with Gasteiger partial charge in [0.15, 0.2) is 11.6 Å². The van der Waals surface area contributed by atoms with Gasteiger partial charge in [-0.3, -0.25) is 0 Å². The molecule has 0 N–H and O–H groups in total. The summed E-state index contributed by atoms with van der Waals surface area (Å²) in [6.07, 6.45) is 22.8. The van der Waals surface area contributed by atoms with Gasteiger partial charge in [0.25, 0.3) is 0 Å². The Kier molecular flexibility index (Phi) is 10.2. The van der Waals surface area contributed by atoms with Gasteiger partial charge in [-0.15, -0.1) is 0 Å². The van der Waals surface area contributed by atoms with Crippen LogP contribution in [-0.2, 0) is 6.42 Å². The second kappa shape index (κ2) is 13.6. The van der Waals surface area contributed by atoms with E-state index >= 15 is 0 Å². The number of rotatable bonds is 11. The maximum absolute atomic E-state index is 13.5. The maximum Gasteiger partial charge on any atom is 0.159 e. The molecular formula is C33H46F2. The fourth-order valence-corrected chi connectivity index (χ4v) is 6.68. The molecule has 35 heavy (non-hydrogen) atoms. The first-order valence-corrected chi connectivity index (χ1v) is 14.6. The van der Waals surface area contributed by atoms with Gasteiger partial charge >= 0.3 is 0 Å². The lowest BCUT2D eigenvalue weighted by molar-refractivity contribution is 0.208. The van der Waals surface area contributed by atoms with E-state index in [-0.39, 0.29) is 0 Å². The number of halogens is 2. The molecule has 0 aromatic heterocycles. The standard InChI is InChI=1S/C33H46F2/c1-2-3-4-5-25-6-8-26(9-7-25)10-11-27-12-14-28(15-13-27)16-17-29-18-20-30(21-19-29)31-22-23-32(34)33(35)24-31/h18-28H,2-17H2,1H3. The molecule has 2 aliphatic rings. The van der Waals surface area contributed by atoms with Crippen LogP contribution >= 0.6 is 0 Å². The average molecular weight is 481 g/mol. The van der Waals surface area contributed by atoms with Crippen molar-refractivity contribution in [2.24, 2.45) is 23.7 Å². The minimum Gasteiger partial charge on any atom is -0.204 e. The molecule has 0 aliphatic heterocycles. The monoisotopic (exact) mass is 480 g/mol. The van der Waals surface area contributed by atoms with Crippen molar-refractivity contribution in [3.05, 3.63) is 59.7 Å². The Morgan fingerprint density at radius 2 is 1.09 bits per heavy atom. The van der Waals surface area contributed by atoms with Crippen LogP contribution in [0.1, 0.15) is 109 Å². The lowest BCUT2D eigenvalue weighted by Gasteiger charge is -2.32. The number of aryl methyl sites for hydroxylation is 1. The summed E-state index contributed by atoms with van der Waals surface area (Å²) in [6, 6.07) is 12.5. The molecule has 0 atom stereocenters. The summed E-state index contributed by atoms with van der Waals surface area (Å²) in [5, 5.41) is 0. The number of hydrogen-bond acceptors (Lipinski definition) is 0. The smallest absolute Gasteiger partial charge is 0.159 e. The van der Waals surface area contributed by atoms with Crippen LogP contribution in [0, 0.1) is 35.3 Å². The molecule has 2 aromatic carbocycles. The molecule has 2 aliphatic carbocycles. The average Bonchev–Trinajstić information content (AvgIpc) is 2.90. The summed E-state index contributed by atoms with van der Waals surface area (Å²) >= 11 is 0. The molecule has 2 aromatic rings. The molecule has 0 nitrogen and oxygen atoms in total. The van der Waals surface area contributed by atoms with Crippen molar-refractivity contribution in [2.75, 3.05) is 0 Å². The molecule has 0 amide bonds. The highest BCUT2D eigenvalue weighted by Crippen LogP contribution is 2.38. The van der Waals surface area contributed by atoms with Crippen LogP contribution in [0.2, 0.25) is 0 Å². The third-order valence-corrected chi connectivity index (χ3v) is 9.18. The first kappa shape index (κ1) is 26.4. The van der Waals surface area contributed by atoms with E-state index in [1.807, 2.05) is 12.1 Å². The van der Waals surface area contributed by atoms with E-state index in [4.69, 9.17) is 0 Å². The second-order valence-corrected chi connectivity index (χ2v) is 11.7. The van der Waals surface area contributed by atoms with Crippen LogP contribution in [-0.4, -0.2) is 0 Å². The van der Waals surface area contributed by atoms with Crippen LogP contribution in [0.15, 0.2) is 42.5 Å². The number of unbranched alkanes of at least 4 members (excludes halogenated alkanes) is 2. The zero-order valence-electron chi connectivity index (χ0n) is 21.9. The van der Waals surface area contributed by atoms with Gasteiger partial charge in [-0.05, 0) is 65.3 Å². The maximum atomic E-state index is 13.5. The lowest BCUT2D eigenvalue weighted by atomic mass is 9.74. The Balaban J connectivity index is 1.11. The molecule has 0 saturated heterocycles. The predicted octanol–water partition coefficient (Wildman–Crippen LogP) is 10.5. The van der Waals surface area contributed by atoms with E-state index in [0.29, 0.717) is 0 Å². The minimum atomic E-state index is -0.791. The number of benzene rings is 2. The quantitative estimate of drug-likeness (QED) is 0.281. The summed E-state index contributed by atoms with van der Waals surface area (Å²) in [5.74, 6) is 2.33. The second-order valence-electron chi connectivity index (χ2n) is 11.7. The van der Waals surface area contributed by atoms with Gasteiger partial charge < -0.3 is 0 Å². The van der Waals surface area contributed by atoms with Crippen LogP contribution in [0.3, 0.4) is 0 Å². The highest BCUT2D eigenvalue weighted by molar-refractivity contribution is 5.63. The van der Waals surface area contributed by atoms with Gasteiger partial charge in [0.05, 0.1) is 0 Å². The topological polar surface area (TPSA) is 0 Å². The largest absolute Gasteiger partial charge is 0.204 e. The molecule has 4 rings (SSSR count). The first-order valence-electron chi connectivity index (χ1n) is 14.6. The van der Waals surface area contributed by atoms with Gasteiger partial charge in [-0.1, -0.05) is 127 Å². The molecule has 0 spiro atoms. The van der Waals surface area contributed by atoms with Crippen molar-refractivity contribution in [1.29, 1.82) is 0 Å². The van der Waals surface area contributed by atoms with Gasteiger partial charge in [0, 0.05) is 0 Å². The van der Waals surface area contributed by atoms with E-state index in [1.54, 1.807) is 6.07 Å². The summed E-state index contributed by atoms with van der Waals surface area (Å²) in [4.78, 5) is 0. The summed E-state index contributed by atoms with van der Waals surface area (Å²) < 4.78 is 26.7. The molecule has 0 unspecified atom stereocenters. The van der Waals surface area contributed by atoms with Crippen molar-refractivity contribution in [3.8, 4) is 11.1 Å². The van der Waals surface area contributed by atoms with Crippen molar-refractivity contribution >= 4 is 0 Å². The van der Waals surface area contributed by atoms with Crippen molar-refractivity contribution in [1.82, 2.24) is 0 Å². The normalized spacial score (nSPS) is 25.0. The molecular weight excluding hydrogens is 434 g/mol. The third-order valence-electron chi connectivity index (χ3n) is 9.18. The SMILES string of the molecule is CCCCCC1CCC(CCC2CCC(CCc3ccc(-c4ccc(F)c(F)c4)cc3)CC2)CC1. The molecule has 0 bridgehead atoms. The third kappa shape index (κ3) is 8.16. The molecule has 2 fully saturated rings. The van der Waals surface area contributed by atoms with Crippen molar-refractivity contribution in [3.63, 3.8) is 0 Å². The van der Waals surface area contributed by atoms with Gasteiger partial charge in [-0.2, -0.15) is 0 Å². The summed E-state index contributed by atoms with van der Waals surface area (Å²) in [7, 11) is 0. The Bertz CT molecular complexity index is 870. The molecule has 2 saturated carbocycles. The van der Waals surface area contributed by atoms with Crippen molar-refractivity contribution in [2.45, 2.75) is 110 Å². The Hall–Kier alpha value is -1.70. The van der Waals surface area contributed by atoms with E-state index in [0.717, 1.165) is 41.2 Å². The van der Waals surface area contributed by atoms with Gasteiger partial charge in [0.2, 0.25) is 0 Å².